The Labute approximate surface area is 256 Å². The summed E-state index contributed by atoms with van der Waals surface area (Å²) < 4.78 is 0. The Kier molecular flexibility index (Phi) is 8.28. The molecule has 0 saturated heterocycles. The fourth-order valence-electron chi connectivity index (χ4n) is 5.82. The molecule has 2 unspecified atom stereocenters. The highest BCUT2D eigenvalue weighted by Crippen LogP contribution is 2.37. The zero-order valence-electron chi connectivity index (χ0n) is 26.6. The topological polar surface area (TPSA) is 67.8 Å². The lowest BCUT2D eigenvalue weighted by Crippen LogP contribution is -2.45. The summed E-state index contributed by atoms with van der Waals surface area (Å²) in [7, 11) is 0. The van der Waals surface area contributed by atoms with Gasteiger partial charge in [0.15, 0.2) is 0 Å². The fraction of sp³-hybridized carbons (Fsp3) is 0.368. The van der Waals surface area contributed by atoms with Gasteiger partial charge in [0.1, 0.15) is 0 Å². The number of hydrogen-bond acceptors (Lipinski definition) is 3. The van der Waals surface area contributed by atoms with Crippen LogP contribution < -0.4 is 11.5 Å². The zero-order chi connectivity index (χ0) is 30.4. The summed E-state index contributed by atoms with van der Waals surface area (Å²) in [6.07, 6.45) is 10.9. The molecule has 2 atom stereocenters. The molecular formula is C38H47N3S. The third-order valence-corrected chi connectivity index (χ3v) is 10.1. The first-order chi connectivity index (χ1) is 19.8. The third-order valence-electron chi connectivity index (χ3n) is 8.52. The van der Waals surface area contributed by atoms with Gasteiger partial charge in [-0.1, -0.05) is 103 Å². The van der Waals surface area contributed by atoms with Crippen LogP contribution in [0.1, 0.15) is 89.1 Å². The van der Waals surface area contributed by atoms with E-state index < -0.39 is 0 Å². The maximum absolute atomic E-state index is 6.76. The summed E-state index contributed by atoms with van der Waals surface area (Å²) in [5.74, 6) is 0. The summed E-state index contributed by atoms with van der Waals surface area (Å²) in [4.78, 5) is 6.27. The predicted molar refractivity (Wildman–Crippen MR) is 186 cm³/mol. The van der Waals surface area contributed by atoms with Gasteiger partial charge in [-0.2, -0.15) is 0 Å². The second-order valence-electron chi connectivity index (χ2n) is 13.9. The Hall–Kier alpha value is -3.18. The number of thiophene rings is 1. The number of hydrogen-bond donors (Lipinski definition) is 3. The molecule has 2 heterocycles. The lowest BCUT2D eigenvalue weighted by Gasteiger charge is -2.28. The van der Waals surface area contributed by atoms with Gasteiger partial charge in [-0.3, -0.25) is 0 Å². The Morgan fingerprint density at radius 1 is 0.833 bits per heavy atom. The van der Waals surface area contributed by atoms with E-state index in [9.17, 15) is 0 Å². The maximum atomic E-state index is 6.76. The zero-order valence-corrected chi connectivity index (χ0v) is 27.4. The van der Waals surface area contributed by atoms with Crippen molar-refractivity contribution < 1.29 is 0 Å². The molecule has 0 amide bonds. The summed E-state index contributed by atoms with van der Waals surface area (Å²) in [5, 5.41) is 2.55. The number of rotatable bonds is 6. The van der Waals surface area contributed by atoms with Crippen LogP contribution in [0.3, 0.4) is 0 Å². The molecule has 0 bridgehead atoms. The van der Waals surface area contributed by atoms with Crippen LogP contribution in [0.15, 0.2) is 84.0 Å². The van der Waals surface area contributed by atoms with Gasteiger partial charge < -0.3 is 16.5 Å². The highest BCUT2D eigenvalue weighted by molar-refractivity contribution is 7.13. The minimum Gasteiger partial charge on any atom is -0.354 e. The highest BCUT2D eigenvalue weighted by Gasteiger charge is 2.28. The summed E-state index contributed by atoms with van der Waals surface area (Å²) in [6, 6.07) is 17.6. The van der Waals surface area contributed by atoms with E-state index >= 15 is 0 Å². The first-order valence-corrected chi connectivity index (χ1v) is 16.1. The highest BCUT2D eigenvalue weighted by atomic mass is 32.1. The Balaban J connectivity index is 1.45. The number of H-pyrrole nitrogens is 1. The molecule has 0 spiro atoms. The molecule has 5 rings (SSSR count). The van der Waals surface area contributed by atoms with Crippen molar-refractivity contribution in [2.24, 2.45) is 11.5 Å². The molecule has 1 aliphatic rings. The van der Waals surface area contributed by atoms with Gasteiger partial charge in [-0.15, -0.1) is 11.3 Å². The molecule has 4 heteroatoms. The van der Waals surface area contributed by atoms with E-state index in [4.69, 9.17) is 11.5 Å². The van der Waals surface area contributed by atoms with E-state index in [0.717, 1.165) is 29.6 Å². The van der Waals surface area contributed by atoms with Gasteiger partial charge >= 0.3 is 0 Å². The quantitative estimate of drug-likeness (QED) is 0.200. The molecule has 0 saturated carbocycles. The molecule has 4 aromatic rings. The second-order valence-corrected chi connectivity index (χ2v) is 15.0. The summed E-state index contributed by atoms with van der Waals surface area (Å²) in [6.45, 7) is 17.9. The van der Waals surface area contributed by atoms with Crippen molar-refractivity contribution in [3.63, 3.8) is 0 Å². The van der Waals surface area contributed by atoms with Crippen molar-refractivity contribution in [1.82, 2.24) is 4.98 Å². The normalized spacial score (nSPS) is 19.0. The Morgan fingerprint density at radius 3 is 2.17 bits per heavy atom. The van der Waals surface area contributed by atoms with Crippen LogP contribution in [-0.2, 0) is 10.8 Å². The van der Waals surface area contributed by atoms with E-state index in [0.29, 0.717) is 0 Å². The Morgan fingerprint density at radius 2 is 1.52 bits per heavy atom. The molecule has 5 N–H and O–H groups in total. The molecule has 0 radical (unpaired) electrons. The van der Waals surface area contributed by atoms with Gasteiger partial charge in [0.2, 0.25) is 0 Å². The number of aromatic amines is 1. The van der Waals surface area contributed by atoms with E-state index in [1.807, 2.05) is 11.3 Å². The average Bonchev–Trinajstić information content (AvgIpc) is 3.56. The summed E-state index contributed by atoms with van der Waals surface area (Å²) >= 11 is 1.82. The largest absolute Gasteiger partial charge is 0.354 e. The van der Waals surface area contributed by atoms with Crippen molar-refractivity contribution in [3.8, 4) is 0 Å². The van der Waals surface area contributed by atoms with Gasteiger partial charge in [0, 0.05) is 37.6 Å². The van der Waals surface area contributed by atoms with Crippen LogP contribution in [0.25, 0.3) is 33.0 Å². The van der Waals surface area contributed by atoms with Crippen LogP contribution in [0.5, 0.6) is 0 Å². The van der Waals surface area contributed by atoms with Gasteiger partial charge in [-0.25, -0.2) is 0 Å². The van der Waals surface area contributed by atoms with Crippen LogP contribution in [0.2, 0.25) is 0 Å². The number of benzene rings is 2. The second kappa shape index (κ2) is 11.5. The monoisotopic (exact) mass is 577 g/mol. The van der Waals surface area contributed by atoms with E-state index in [2.05, 4.69) is 133 Å². The molecule has 3 nitrogen and oxygen atoms in total. The van der Waals surface area contributed by atoms with Crippen LogP contribution in [0.4, 0.5) is 0 Å². The standard InChI is InChI=1S/C38H47N3S/c1-9-10-24(25-13-15-28-29-16-14-26(37(3,4)5)22-32(29)41-31(28)21-25)12-11-23(2)27-17-18-30(36(40)35(27)39)33-19-20-34(42-33)38(6,7)8/h11-22,35-36,41H,9-10,39-40H2,1-8H3/b23-11+,24-12+. The predicted octanol–water partition coefficient (Wildman–Crippen LogP) is 9.79. The number of aromatic nitrogens is 1. The molecule has 42 heavy (non-hydrogen) atoms. The number of nitrogens with one attached hydrogen (secondary N) is 1. The van der Waals surface area contributed by atoms with Crippen LogP contribution >= 0.6 is 11.3 Å². The van der Waals surface area contributed by atoms with E-state index in [1.54, 1.807) is 0 Å². The van der Waals surface area contributed by atoms with Crippen molar-refractivity contribution in [2.45, 2.75) is 91.1 Å². The molecule has 2 aromatic carbocycles. The van der Waals surface area contributed by atoms with Crippen molar-refractivity contribution in [2.75, 3.05) is 0 Å². The molecule has 0 fully saturated rings. The van der Waals surface area contributed by atoms with E-state index in [-0.39, 0.29) is 22.9 Å². The summed E-state index contributed by atoms with van der Waals surface area (Å²) in [5.41, 5.74) is 23.4. The van der Waals surface area contributed by atoms with Crippen LogP contribution in [-0.4, -0.2) is 17.1 Å². The lowest BCUT2D eigenvalue weighted by atomic mass is 9.85. The smallest absolute Gasteiger partial charge is 0.0505 e. The SMILES string of the molecule is CCC/C(=C\C=C(/C)C1=CC=C(c2ccc(C(C)(C)C)s2)C(N)C1N)c1ccc2c(c1)[nH]c1cc(C(C)(C)C)ccc12. The minimum atomic E-state index is -0.245. The number of fused-ring (bicyclic) bond motifs is 3. The maximum Gasteiger partial charge on any atom is 0.0505 e. The fourth-order valence-corrected chi connectivity index (χ4v) is 6.95. The Bertz CT molecular complexity index is 1740. The minimum absolute atomic E-state index is 0.120. The van der Waals surface area contributed by atoms with Gasteiger partial charge in [0.05, 0.1) is 6.04 Å². The van der Waals surface area contributed by atoms with Gasteiger partial charge in [0.25, 0.3) is 0 Å². The number of nitrogens with two attached hydrogens (primary N) is 2. The van der Waals surface area contributed by atoms with Crippen LogP contribution in [0, 0.1) is 0 Å². The average molecular weight is 578 g/mol. The van der Waals surface area contributed by atoms with E-state index in [1.165, 1.54) is 48.3 Å². The number of allylic oxidation sites excluding steroid dienone is 5. The molecule has 2 aromatic heterocycles. The third kappa shape index (κ3) is 5.99. The molecule has 1 aliphatic carbocycles. The lowest BCUT2D eigenvalue weighted by molar-refractivity contribution is 0.591. The molecular weight excluding hydrogens is 531 g/mol. The first-order valence-electron chi connectivity index (χ1n) is 15.3. The molecule has 0 aliphatic heterocycles. The van der Waals surface area contributed by atoms with Gasteiger partial charge in [-0.05, 0) is 81.9 Å². The van der Waals surface area contributed by atoms with Crippen molar-refractivity contribution in [3.05, 3.63) is 105 Å². The van der Waals surface area contributed by atoms with Crippen molar-refractivity contribution in [1.29, 1.82) is 0 Å². The van der Waals surface area contributed by atoms with Crippen molar-refractivity contribution >= 4 is 44.3 Å². The molecule has 220 valence electrons. The first kappa shape index (κ1) is 30.3.